The van der Waals surface area contributed by atoms with E-state index in [0.29, 0.717) is 5.69 Å². The van der Waals surface area contributed by atoms with Crippen molar-refractivity contribution in [2.24, 2.45) is 0 Å². The van der Waals surface area contributed by atoms with Crippen LogP contribution in [-0.4, -0.2) is 30.9 Å². The number of carbonyl (C=O) groups is 3. The van der Waals surface area contributed by atoms with Gasteiger partial charge in [-0.3, -0.25) is 14.4 Å². The summed E-state index contributed by atoms with van der Waals surface area (Å²) >= 11 is 0. The number of aryl methyl sites for hydroxylation is 2. The van der Waals surface area contributed by atoms with Gasteiger partial charge in [0.1, 0.15) is 12.4 Å². The second-order valence-electron chi connectivity index (χ2n) is 5.67. The molecule has 136 valence electrons. The van der Waals surface area contributed by atoms with Gasteiger partial charge in [-0.05, 0) is 49.2 Å². The second kappa shape index (κ2) is 8.75. The third kappa shape index (κ3) is 5.41. The van der Waals surface area contributed by atoms with Crippen molar-refractivity contribution in [1.82, 2.24) is 5.32 Å². The van der Waals surface area contributed by atoms with E-state index in [0.717, 1.165) is 17.2 Å². The first-order valence-corrected chi connectivity index (χ1v) is 7.92. The first-order chi connectivity index (χ1) is 12.4. The molecule has 2 amide bonds. The maximum atomic E-state index is 13.4. The van der Waals surface area contributed by atoms with Crippen molar-refractivity contribution in [2.75, 3.05) is 18.5 Å². The molecule has 0 saturated heterocycles. The second-order valence-corrected chi connectivity index (χ2v) is 5.67. The van der Waals surface area contributed by atoms with Gasteiger partial charge in [0.25, 0.3) is 11.8 Å². The fourth-order valence-corrected chi connectivity index (χ4v) is 2.11. The van der Waals surface area contributed by atoms with Crippen molar-refractivity contribution in [3.63, 3.8) is 0 Å². The number of halogens is 1. The van der Waals surface area contributed by atoms with E-state index in [1.807, 2.05) is 26.0 Å². The van der Waals surface area contributed by atoms with E-state index in [1.165, 1.54) is 18.2 Å². The number of amides is 2. The van der Waals surface area contributed by atoms with Gasteiger partial charge >= 0.3 is 5.97 Å². The Morgan fingerprint density at radius 1 is 1.04 bits per heavy atom. The lowest BCUT2D eigenvalue weighted by Crippen LogP contribution is -2.32. The number of esters is 1. The van der Waals surface area contributed by atoms with Gasteiger partial charge in [0.2, 0.25) is 0 Å². The van der Waals surface area contributed by atoms with Crippen LogP contribution in [0.2, 0.25) is 0 Å². The summed E-state index contributed by atoms with van der Waals surface area (Å²) in [4.78, 5) is 35.2. The van der Waals surface area contributed by atoms with Gasteiger partial charge in [-0.1, -0.05) is 18.2 Å². The molecule has 2 aromatic carbocycles. The normalized spacial score (nSPS) is 10.1. The summed E-state index contributed by atoms with van der Waals surface area (Å²) in [5, 5.41) is 4.85. The summed E-state index contributed by atoms with van der Waals surface area (Å²) in [6.07, 6.45) is 0. The summed E-state index contributed by atoms with van der Waals surface area (Å²) in [5.74, 6) is -2.72. The fraction of sp³-hybridized carbons (Fsp3) is 0.211. The Labute approximate surface area is 150 Å². The summed E-state index contributed by atoms with van der Waals surface area (Å²) in [5.41, 5.74) is 2.55. The Bertz CT molecular complexity index is 836. The molecule has 0 aliphatic heterocycles. The number of nitrogens with one attached hydrogen (secondary N) is 2. The van der Waals surface area contributed by atoms with E-state index in [-0.39, 0.29) is 5.56 Å². The quantitative estimate of drug-likeness (QED) is 0.777. The minimum Gasteiger partial charge on any atom is -0.454 e. The molecule has 6 nitrogen and oxygen atoms in total. The average molecular weight is 358 g/mol. The predicted molar refractivity (Wildman–Crippen MR) is 94.2 cm³/mol. The van der Waals surface area contributed by atoms with Gasteiger partial charge in [-0.25, -0.2) is 4.39 Å². The van der Waals surface area contributed by atoms with Crippen molar-refractivity contribution < 1.29 is 23.5 Å². The van der Waals surface area contributed by atoms with E-state index < -0.39 is 36.8 Å². The third-order valence-electron chi connectivity index (χ3n) is 3.67. The fourth-order valence-electron chi connectivity index (χ4n) is 2.11. The summed E-state index contributed by atoms with van der Waals surface area (Å²) in [6, 6.07) is 10.8. The monoisotopic (exact) mass is 358 g/mol. The zero-order valence-electron chi connectivity index (χ0n) is 14.5. The number of ether oxygens (including phenoxy) is 1. The van der Waals surface area contributed by atoms with Gasteiger partial charge < -0.3 is 15.4 Å². The van der Waals surface area contributed by atoms with E-state index >= 15 is 0 Å². The number of anilines is 1. The van der Waals surface area contributed by atoms with Gasteiger partial charge in [0.05, 0.1) is 5.56 Å². The average Bonchev–Trinajstić information content (AvgIpc) is 2.61. The summed E-state index contributed by atoms with van der Waals surface area (Å²) in [7, 11) is 0. The molecule has 0 aromatic heterocycles. The Morgan fingerprint density at radius 2 is 1.77 bits per heavy atom. The van der Waals surface area contributed by atoms with Crippen LogP contribution in [0, 0.1) is 19.7 Å². The third-order valence-corrected chi connectivity index (χ3v) is 3.67. The number of hydrogen-bond acceptors (Lipinski definition) is 4. The Hall–Kier alpha value is -3.22. The SMILES string of the molecule is Cc1ccc(NC(=O)COC(=O)CNC(=O)c2ccccc2F)cc1C. The highest BCUT2D eigenvalue weighted by atomic mass is 19.1. The van der Waals surface area contributed by atoms with E-state index in [4.69, 9.17) is 4.74 Å². The van der Waals surface area contributed by atoms with E-state index in [2.05, 4.69) is 10.6 Å². The minimum atomic E-state index is -0.801. The largest absolute Gasteiger partial charge is 0.454 e. The Kier molecular flexibility index (Phi) is 6.43. The molecule has 0 spiro atoms. The molecule has 0 unspecified atom stereocenters. The molecule has 0 aliphatic rings. The van der Waals surface area contributed by atoms with Gasteiger partial charge in [0, 0.05) is 5.69 Å². The lowest BCUT2D eigenvalue weighted by Gasteiger charge is -2.09. The van der Waals surface area contributed by atoms with Crippen molar-refractivity contribution in [3.05, 3.63) is 65.0 Å². The van der Waals surface area contributed by atoms with Crippen molar-refractivity contribution in [1.29, 1.82) is 0 Å². The molecule has 0 heterocycles. The molecule has 0 bridgehead atoms. The van der Waals surface area contributed by atoms with E-state index in [1.54, 1.807) is 6.07 Å². The standard InChI is InChI=1S/C19H19FN2O4/c1-12-7-8-14(9-13(12)2)22-17(23)11-26-18(24)10-21-19(25)15-5-3-4-6-16(15)20/h3-9H,10-11H2,1-2H3,(H,21,25)(H,22,23). The van der Waals surface area contributed by atoms with Crippen LogP contribution < -0.4 is 10.6 Å². The van der Waals surface area contributed by atoms with Crippen LogP contribution in [0.1, 0.15) is 21.5 Å². The van der Waals surface area contributed by atoms with Crippen LogP contribution in [-0.2, 0) is 14.3 Å². The molecule has 2 N–H and O–H groups in total. The van der Waals surface area contributed by atoms with Crippen LogP contribution in [0.3, 0.4) is 0 Å². The van der Waals surface area contributed by atoms with Crippen LogP contribution in [0.4, 0.5) is 10.1 Å². The van der Waals surface area contributed by atoms with Gasteiger partial charge in [0.15, 0.2) is 6.61 Å². The van der Waals surface area contributed by atoms with Gasteiger partial charge in [-0.2, -0.15) is 0 Å². The minimum absolute atomic E-state index is 0.173. The van der Waals surface area contributed by atoms with Gasteiger partial charge in [-0.15, -0.1) is 0 Å². The van der Waals surface area contributed by atoms with Crippen LogP contribution in [0.25, 0.3) is 0 Å². The molecular formula is C19H19FN2O4. The summed E-state index contributed by atoms with van der Waals surface area (Å²) in [6.45, 7) is 2.92. The molecule has 2 rings (SSSR count). The lowest BCUT2D eigenvalue weighted by molar-refractivity contribution is -0.146. The molecular weight excluding hydrogens is 339 g/mol. The predicted octanol–water partition coefficient (Wildman–Crippen LogP) is 2.35. The molecule has 7 heteroatoms. The number of hydrogen-bond donors (Lipinski definition) is 2. The molecule has 26 heavy (non-hydrogen) atoms. The zero-order valence-corrected chi connectivity index (χ0v) is 14.5. The molecule has 0 aliphatic carbocycles. The molecule has 0 saturated carbocycles. The number of rotatable bonds is 6. The lowest BCUT2D eigenvalue weighted by atomic mass is 10.1. The highest BCUT2D eigenvalue weighted by Gasteiger charge is 2.13. The maximum absolute atomic E-state index is 13.4. The first kappa shape index (κ1) is 19.1. The Morgan fingerprint density at radius 3 is 2.46 bits per heavy atom. The highest BCUT2D eigenvalue weighted by Crippen LogP contribution is 2.13. The number of benzene rings is 2. The highest BCUT2D eigenvalue weighted by molar-refractivity contribution is 5.96. The molecule has 0 atom stereocenters. The first-order valence-electron chi connectivity index (χ1n) is 7.92. The smallest absolute Gasteiger partial charge is 0.325 e. The molecule has 0 fully saturated rings. The molecule has 2 aromatic rings. The zero-order chi connectivity index (χ0) is 19.1. The molecule has 0 radical (unpaired) electrons. The van der Waals surface area contributed by atoms with E-state index in [9.17, 15) is 18.8 Å². The topological polar surface area (TPSA) is 84.5 Å². The maximum Gasteiger partial charge on any atom is 0.325 e. The van der Waals surface area contributed by atoms with Crippen LogP contribution >= 0.6 is 0 Å². The van der Waals surface area contributed by atoms with Crippen LogP contribution in [0.15, 0.2) is 42.5 Å². The summed E-state index contributed by atoms with van der Waals surface area (Å²) < 4.78 is 18.2. The Balaban J connectivity index is 1.76. The van der Waals surface area contributed by atoms with Crippen molar-refractivity contribution >= 4 is 23.5 Å². The number of carbonyl (C=O) groups excluding carboxylic acids is 3. The van der Waals surface area contributed by atoms with Crippen LogP contribution in [0.5, 0.6) is 0 Å². The van der Waals surface area contributed by atoms with Crippen molar-refractivity contribution in [3.8, 4) is 0 Å². The van der Waals surface area contributed by atoms with Crippen molar-refractivity contribution in [2.45, 2.75) is 13.8 Å².